The first-order valence-corrected chi connectivity index (χ1v) is 9.10. The highest BCUT2D eigenvalue weighted by Gasteiger charge is 2.16. The Balaban J connectivity index is 1.61. The molecule has 4 nitrogen and oxygen atoms in total. The Morgan fingerprint density at radius 2 is 1.04 bits per heavy atom. The van der Waals surface area contributed by atoms with Crippen molar-refractivity contribution >= 4 is 0 Å². The van der Waals surface area contributed by atoms with E-state index in [0.717, 1.165) is 26.4 Å². The first-order valence-electron chi connectivity index (χ1n) is 9.10. The van der Waals surface area contributed by atoms with Crippen molar-refractivity contribution in [1.82, 2.24) is 19.6 Å². The topological polar surface area (TPSA) is 13.0 Å². The van der Waals surface area contributed by atoms with E-state index < -0.39 is 0 Å². The highest BCUT2D eigenvalue weighted by Crippen LogP contribution is 2.30. The monoisotopic (exact) mass is 346 g/mol. The molecule has 2 aliphatic heterocycles. The summed E-state index contributed by atoms with van der Waals surface area (Å²) in [5.41, 5.74) is 5.41. The molecule has 0 amide bonds. The molecule has 0 spiro atoms. The first kappa shape index (κ1) is 16.6. The third-order valence-electron chi connectivity index (χ3n) is 4.95. The van der Waals surface area contributed by atoms with Gasteiger partial charge in [-0.05, 0) is 22.3 Å². The molecular formula is C22H26N4. The summed E-state index contributed by atoms with van der Waals surface area (Å²) in [6.45, 7) is 3.75. The van der Waals surface area contributed by atoms with Crippen LogP contribution in [0.4, 0.5) is 0 Å². The van der Waals surface area contributed by atoms with Gasteiger partial charge in [0.15, 0.2) is 0 Å². The predicted octanol–water partition coefficient (Wildman–Crippen LogP) is 3.71. The van der Waals surface area contributed by atoms with Crippen molar-refractivity contribution in [3.63, 3.8) is 0 Å². The van der Waals surface area contributed by atoms with Crippen molar-refractivity contribution in [3.8, 4) is 11.1 Å². The maximum absolute atomic E-state index is 2.35. The lowest BCUT2D eigenvalue weighted by Crippen LogP contribution is -2.23. The second-order valence-corrected chi connectivity index (χ2v) is 7.20. The quantitative estimate of drug-likeness (QED) is 0.818. The van der Waals surface area contributed by atoms with E-state index in [9.17, 15) is 0 Å². The zero-order chi connectivity index (χ0) is 17.9. The summed E-state index contributed by atoms with van der Waals surface area (Å²) in [5, 5.41) is 0. The van der Waals surface area contributed by atoms with Crippen molar-refractivity contribution in [2.75, 3.05) is 27.4 Å². The summed E-state index contributed by atoms with van der Waals surface area (Å²) in [6.07, 6.45) is 8.61. The van der Waals surface area contributed by atoms with E-state index in [1.54, 1.807) is 0 Å². The van der Waals surface area contributed by atoms with Gasteiger partial charge in [0.05, 0.1) is 13.3 Å². The van der Waals surface area contributed by atoms with Gasteiger partial charge in [-0.3, -0.25) is 0 Å². The molecule has 0 aromatic heterocycles. The van der Waals surface area contributed by atoms with Crippen LogP contribution >= 0.6 is 0 Å². The lowest BCUT2D eigenvalue weighted by atomic mass is 9.95. The molecule has 4 heteroatoms. The summed E-state index contributed by atoms with van der Waals surface area (Å²) in [4.78, 5) is 9.10. The van der Waals surface area contributed by atoms with Gasteiger partial charge in [0, 0.05) is 52.0 Å². The van der Waals surface area contributed by atoms with Crippen LogP contribution in [0.15, 0.2) is 73.3 Å². The SMILES string of the molecule is CN1C=CN(Cc2ccccc2-c2ccccc2CN2C=CN(C)C2)C1. The van der Waals surface area contributed by atoms with Crippen LogP contribution in [-0.4, -0.2) is 47.0 Å². The Bertz CT molecular complexity index is 757. The third kappa shape index (κ3) is 3.54. The van der Waals surface area contributed by atoms with Gasteiger partial charge >= 0.3 is 0 Å². The van der Waals surface area contributed by atoms with Gasteiger partial charge in [-0.1, -0.05) is 48.5 Å². The summed E-state index contributed by atoms with van der Waals surface area (Å²) in [7, 11) is 4.22. The van der Waals surface area contributed by atoms with Crippen molar-refractivity contribution in [3.05, 3.63) is 84.5 Å². The molecule has 0 N–H and O–H groups in total. The zero-order valence-corrected chi connectivity index (χ0v) is 15.5. The largest absolute Gasteiger partial charge is 0.362 e. The summed E-state index contributed by atoms with van der Waals surface area (Å²) >= 11 is 0. The van der Waals surface area contributed by atoms with E-state index in [2.05, 4.69) is 107 Å². The average molecular weight is 346 g/mol. The standard InChI is InChI=1S/C22H26N4/c1-23-11-13-25(17-23)15-19-7-3-5-9-21(19)22-10-6-4-8-20(22)16-26-14-12-24(2)18-26/h3-14H,15-18H2,1-2H3. The molecule has 0 aliphatic carbocycles. The van der Waals surface area contributed by atoms with Crippen LogP contribution in [0.2, 0.25) is 0 Å². The summed E-state index contributed by atoms with van der Waals surface area (Å²) < 4.78 is 0. The van der Waals surface area contributed by atoms with Gasteiger partial charge in [-0.15, -0.1) is 0 Å². The first-order chi connectivity index (χ1) is 12.7. The molecule has 0 atom stereocenters. The van der Waals surface area contributed by atoms with Crippen molar-refractivity contribution in [2.45, 2.75) is 13.1 Å². The molecular weight excluding hydrogens is 320 g/mol. The Morgan fingerprint density at radius 3 is 1.42 bits per heavy atom. The van der Waals surface area contributed by atoms with Gasteiger partial charge in [-0.2, -0.15) is 0 Å². The maximum atomic E-state index is 2.35. The average Bonchev–Trinajstić information content (AvgIpc) is 3.24. The maximum Gasteiger partial charge on any atom is 0.0894 e. The van der Waals surface area contributed by atoms with Gasteiger partial charge in [-0.25, -0.2) is 0 Å². The van der Waals surface area contributed by atoms with E-state index in [1.165, 1.54) is 22.3 Å². The Kier molecular flexibility index (Phi) is 4.57. The predicted molar refractivity (Wildman–Crippen MR) is 107 cm³/mol. The Hall–Kier alpha value is -2.88. The van der Waals surface area contributed by atoms with Crippen LogP contribution in [-0.2, 0) is 13.1 Å². The van der Waals surface area contributed by atoms with Crippen LogP contribution < -0.4 is 0 Å². The van der Waals surface area contributed by atoms with E-state index in [4.69, 9.17) is 0 Å². The van der Waals surface area contributed by atoms with Crippen molar-refractivity contribution in [2.24, 2.45) is 0 Å². The second-order valence-electron chi connectivity index (χ2n) is 7.20. The van der Waals surface area contributed by atoms with Gasteiger partial charge in [0.2, 0.25) is 0 Å². The molecule has 134 valence electrons. The zero-order valence-electron chi connectivity index (χ0n) is 15.5. The lowest BCUT2D eigenvalue weighted by Gasteiger charge is -2.23. The lowest BCUT2D eigenvalue weighted by molar-refractivity contribution is 0.290. The molecule has 2 aliphatic rings. The van der Waals surface area contributed by atoms with E-state index >= 15 is 0 Å². The second kappa shape index (κ2) is 7.16. The molecule has 4 rings (SSSR count). The highest BCUT2D eigenvalue weighted by molar-refractivity contribution is 5.70. The highest BCUT2D eigenvalue weighted by atomic mass is 15.3. The van der Waals surface area contributed by atoms with Crippen molar-refractivity contribution in [1.29, 1.82) is 0 Å². The van der Waals surface area contributed by atoms with Gasteiger partial charge in [0.25, 0.3) is 0 Å². The molecule has 2 aromatic rings. The van der Waals surface area contributed by atoms with Crippen LogP contribution in [0.5, 0.6) is 0 Å². The minimum Gasteiger partial charge on any atom is -0.362 e. The molecule has 26 heavy (non-hydrogen) atoms. The normalized spacial score (nSPS) is 16.2. The fraction of sp³-hybridized carbons (Fsp3) is 0.273. The fourth-order valence-electron chi connectivity index (χ4n) is 3.66. The number of nitrogens with zero attached hydrogens (tertiary/aromatic N) is 4. The number of benzene rings is 2. The minimum absolute atomic E-state index is 0.928. The Labute approximate surface area is 156 Å². The molecule has 0 saturated heterocycles. The molecule has 0 radical (unpaired) electrons. The molecule has 0 fully saturated rings. The number of hydrogen-bond donors (Lipinski definition) is 0. The Morgan fingerprint density at radius 1 is 0.615 bits per heavy atom. The molecule has 0 unspecified atom stereocenters. The molecule has 2 aromatic carbocycles. The van der Waals surface area contributed by atoms with E-state index in [-0.39, 0.29) is 0 Å². The fourth-order valence-corrected chi connectivity index (χ4v) is 3.66. The molecule has 2 heterocycles. The third-order valence-corrected chi connectivity index (χ3v) is 4.95. The molecule has 0 saturated carbocycles. The van der Waals surface area contributed by atoms with Gasteiger partial charge in [0.1, 0.15) is 0 Å². The van der Waals surface area contributed by atoms with Crippen LogP contribution in [0, 0.1) is 0 Å². The number of rotatable bonds is 5. The number of hydrogen-bond acceptors (Lipinski definition) is 4. The van der Waals surface area contributed by atoms with Gasteiger partial charge < -0.3 is 19.6 Å². The summed E-state index contributed by atoms with van der Waals surface area (Å²) in [6, 6.07) is 17.6. The van der Waals surface area contributed by atoms with E-state index in [1.807, 2.05) is 0 Å². The van der Waals surface area contributed by atoms with Crippen LogP contribution in [0.25, 0.3) is 11.1 Å². The van der Waals surface area contributed by atoms with E-state index in [0.29, 0.717) is 0 Å². The summed E-state index contributed by atoms with van der Waals surface area (Å²) in [5.74, 6) is 0. The minimum atomic E-state index is 0.928. The van der Waals surface area contributed by atoms with Crippen molar-refractivity contribution < 1.29 is 0 Å². The molecule has 0 bridgehead atoms. The smallest absolute Gasteiger partial charge is 0.0894 e. The van der Waals surface area contributed by atoms with Crippen LogP contribution in [0.1, 0.15) is 11.1 Å². The van der Waals surface area contributed by atoms with Crippen LogP contribution in [0.3, 0.4) is 0 Å².